The molecule has 0 radical (unpaired) electrons. The van der Waals surface area contributed by atoms with Crippen molar-refractivity contribution in [3.05, 3.63) is 59.9 Å². The topological polar surface area (TPSA) is 65.2 Å². The first-order valence-corrected chi connectivity index (χ1v) is 7.12. The van der Waals surface area contributed by atoms with E-state index in [1.54, 1.807) is 18.5 Å². The van der Waals surface area contributed by atoms with Crippen LogP contribution in [-0.4, -0.2) is 17.4 Å². The highest BCUT2D eigenvalue weighted by molar-refractivity contribution is 5.96. The van der Waals surface area contributed by atoms with Gasteiger partial charge in [0, 0.05) is 24.2 Å². The minimum Gasteiger partial charge on any atom is -0.492 e. The van der Waals surface area contributed by atoms with Crippen LogP contribution in [0.25, 0.3) is 0 Å². The van der Waals surface area contributed by atoms with E-state index in [9.17, 15) is 4.79 Å². The maximum Gasteiger partial charge on any atom is 0.166 e. The molecular formula is C17H20N2O2. The Bertz CT molecular complexity index is 584. The first-order valence-electron chi connectivity index (χ1n) is 7.12. The maximum absolute atomic E-state index is 12.3. The smallest absolute Gasteiger partial charge is 0.166 e. The van der Waals surface area contributed by atoms with Crippen molar-refractivity contribution in [1.29, 1.82) is 0 Å². The Morgan fingerprint density at radius 2 is 2.05 bits per heavy atom. The summed E-state index contributed by atoms with van der Waals surface area (Å²) in [5, 5.41) is 0. The number of nitrogens with zero attached hydrogens (tertiary/aromatic N) is 1. The predicted octanol–water partition coefficient (Wildman–Crippen LogP) is 3.14. The van der Waals surface area contributed by atoms with E-state index in [-0.39, 0.29) is 18.2 Å². The van der Waals surface area contributed by atoms with Crippen molar-refractivity contribution >= 4 is 5.78 Å². The van der Waals surface area contributed by atoms with E-state index in [4.69, 9.17) is 10.5 Å². The van der Waals surface area contributed by atoms with E-state index in [0.717, 1.165) is 12.0 Å². The van der Waals surface area contributed by atoms with Crippen LogP contribution >= 0.6 is 0 Å². The van der Waals surface area contributed by atoms with Gasteiger partial charge >= 0.3 is 0 Å². The quantitative estimate of drug-likeness (QED) is 0.793. The maximum atomic E-state index is 12.3. The summed E-state index contributed by atoms with van der Waals surface area (Å²) in [5.41, 5.74) is 7.57. The second-order valence-electron chi connectivity index (χ2n) is 4.90. The van der Waals surface area contributed by atoms with Crippen molar-refractivity contribution in [1.82, 2.24) is 4.98 Å². The zero-order chi connectivity index (χ0) is 15.1. The van der Waals surface area contributed by atoms with Crippen LogP contribution in [0.1, 0.15) is 41.7 Å². The van der Waals surface area contributed by atoms with Crippen molar-refractivity contribution in [3.63, 3.8) is 0 Å². The van der Waals surface area contributed by atoms with Gasteiger partial charge in [0.15, 0.2) is 5.78 Å². The molecule has 110 valence electrons. The van der Waals surface area contributed by atoms with Crippen LogP contribution in [0.3, 0.4) is 0 Å². The third-order valence-electron chi connectivity index (χ3n) is 3.14. The first kappa shape index (κ1) is 15.2. The van der Waals surface area contributed by atoms with Crippen LogP contribution < -0.4 is 10.5 Å². The Balaban J connectivity index is 2.03. The Kier molecular flexibility index (Phi) is 5.46. The summed E-state index contributed by atoms with van der Waals surface area (Å²) in [6.07, 6.45) is 4.34. The summed E-state index contributed by atoms with van der Waals surface area (Å²) in [4.78, 5) is 16.3. The molecule has 1 atom stereocenters. The van der Waals surface area contributed by atoms with E-state index in [1.807, 2.05) is 37.3 Å². The lowest BCUT2D eigenvalue weighted by Crippen LogP contribution is -2.15. The van der Waals surface area contributed by atoms with Gasteiger partial charge in [0.25, 0.3) is 0 Å². The normalized spacial score (nSPS) is 11.9. The third kappa shape index (κ3) is 4.39. The van der Waals surface area contributed by atoms with Gasteiger partial charge in [0.1, 0.15) is 5.75 Å². The van der Waals surface area contributed by atoms with Crippen molar-refractivity contribution in [2.75, 3.05) is 6.61 Å². The molecule has 0 aliphatic rings. The summed E-state index contributed by atoms with van der Waals surface area (Å²) >= 11 is 0. The van der Waals surface area contributed by atoms with Crippen LogP contribution in [0.4, 0.5) is 0 Å². The minimum atomic E-state index is -0.307. The second-order valence-corrected chi connectivity index (χ2v) is 4.90. The van der Waals surface area contributed by atoms with E-state index in [1.165, 1.54) is 0 Å². The number of hydrogen-bond donors (Lipinski definition) is 1. The molecule has 21 heavy (non-hydrogen) atoms. The van der Waals surface area contributed by atoms with E-state index < -0.39 is 0 Å². The molecule has 1 unspecified atom stereocenters. The van der Waals surface area contributed by atoms with E-state index in [2.05, 4.69) is 4.98 Å². The number of ketones is 1. The predicted molar refractivity (Wildman–Crippen MR) is 82.3 cm³/mol. The molecule has 2 N–H and O–H groups in total. The van der Waals surface area contributed by atoms with Gasteiger partial charge in [-0.2, -0.15) is 0 Å². The largest absolute Gasteiger partial charge is 0.492 e. The average Bonchev–Trinajstić information content (AvgIpc) is 2.54. The molecule has 0 spiro atoms. The highest BCUT2D eigenvalue weighted by Crippen LogP contribution is 2.18. The van der Waals surface area contributed by atoms with Crippen LogP contribution in [0.15, 0.2) is 48.8 Å². The summed E-state index contributed by atoms with van der Waals surface area (Å²) in [6.45, 7) is 2.64. The van der Waals surface area contributed by atoms with E-state index in [0.29, 0.717) is 17.9 Å². The SMILES string of the molecule is CCCOc1cncc(C(=O)CC(N)c2ccccc2)c1. The van der Waals surface area contributed by atoms with Gasteiger partial charge in [0.05, 0.1) is 12.8 Å². The standard InChI is InChI=1S/C17H20N2O2/c1-2-8-21-15-9-14(11-19-12-15)17(20)10-16(18)13-6-4-3-5-7-13/h3-7,9,11-12,16H,2,8,10,18H2,1H3. The molecule has 0 saturated carbocycles. The Labute approximate surface area is 125 Å². The highest BCUT2D eigenvalue weighted by Gasteiger charge is 2.14. The Morgan fingerprint density at radius 1 is 1.29 bits per heavy atom. The number of Topliss-reactive ketones (excluding diaryl/α,β-unsaturated/α-hetero) is 1. The van der Waals surface area contributed by atoms with E-state index >= 15 is 0 Å². The lowest BCUT2D eigenvalue weighted by atomic mass is 9.99. The number of ether oxygens (including phenoxy) is 1. The summed E-state index contributed by atoms with van der Waals surface area (Å²) in [7, 11) is 0. The zero-order valence-electron chi connectivity index (χ0n) is 12.2. The Morgan fingerprint density at radius 3 is 2.76 bits per heavy atom. The van der Waals surface area contributed by atoms with Crippen LogP contribution in [-0.2, 0) is 0 Å². The molecule has 2 rings (SSSR count). The highest BCUT2D eigenvalue weighted by atomic mass is 16.5. The average molecular weight is 284 g/mol. The fraction of sp³-hybridized carbons (Fsp3) is 0.294. The molecule has 4 heteroatoms. The number of pyridine rings is 1. The number of nitrogens with two attached hydrogens (primary N) is 1. The van der Waals surface area contributed by atoms with Gasteiger partial charge in [-0.25, -0.2) is 0 Å². The van der Waals surface area contributed by atoms with Gasteiger partial charge < -0.3 is 10.5 Å². The van der Waals surface area contributed by atoms with Gasteiger partial charge in [-0.1, -0.05) is 37.3 Å². The van der Waals surface area contributed by atoms with Crippen molar-refractivity contribution in [3.8, 4) is 5.75 Å². The molecule has 1 aromatic heterocycles. The van der Waals surface area contributed by atoms with Crippen LogP contribution in [0, 0.1) is 0 Å². The molecular weight excluding hydrogens is 264 g/mol. The molecule has 1 heterocycles. The fourth-order valence-corrected chi connectivity index (χ4v) is 2.01. The van der Waals surface area contributed by atoms with Gasteiger partial charge in [-0.3, -0.25) is 9.78 Å². The zero-order valence-corrected chi connectivity index (χ0v) is 12.2. The molecule has 0 fully saturated rings. The Hall–Kier alpha value is -2.20. The molecule has 0 saturated heterocycles. The monoisotopic (exact) mass is 284 g/mol. The van der Waals surface area contributed by atoms with Gasteiger partial charge in [-0.15, -0.1) is 0 Å². The minimum absolute atomic E-state index is 0.0270. The summed E-state index contributed by atoms with van der Waals surface area (Å²) in [5.74, 6) is 0.594. The number of aromatic nitrogens is 1. The number of hydrogen-bond acceptors (Lipinski definition) is 4. The fourth-order valence-electron chi connectivity index (χ4n) is 2.01. The van der Waals surface area contributed by atoms with Crippen LogP contribution in [0.2, 0.25) is 0 Å². The molecule has 1 aromatic carbocycles. The number of carbonyl (C=O) groups excluding carboxylic acids is 1. The number of benzene rings is 1. The lowest BCUT2D eigenvalue weighted by molar-refractivity contribution is 0.0973. The lowest BCUT2D eigenvalue weighted by Gasteiger charge is -2.11. The molecule has 4 nitrogen and oxygen atoms in total. The van der Waals surface area contributed by atoms with Crippen molar-refractivity contribution in [2.45, 2.75) is 25.8 Å². The van der Waals surface area contributed by atoms with Gasteiger partial charge in [-0.05, 0) is 18.1 Å². The second kappa shape index (κ2) is 7.55. The summed E-state index contributed by atoms with van der Waals surface area (Å²) < 4.78 is 5.49. The third-order valence-corrected chi connectivity index (χ3v) is 3.14. The molecule has 0 aliphatic carbocycles. The first-order chi connectivity index (χ1) is 10.2. The van der Waals surface area contributed by atoms with Crippen molar-refractivity contribution < 1.29 is 9.53 Å². The molecule has 0 amide bonds. The van der Waals surface area contributed by atoms with Gasteiger partial charge in [0.2, 0.25) is 0 Å². The number of carbonyl (C=O) groups is 1. The molecule has 0 bridgehead atoms. The summed E-state index contributed by atoms with van der Waals surface area (Å²) in [6, 6.07) is 11.0. The van der Waals surface area contributed by atoms with Crippen LogP contribution in [0.5, 0.6) is 5.75 Å². The molecule has 2 aromatic rings. The van der Waals surface area contributed by atoms with Crippen molar-refractivity contribution in [2.24, 2.45) is 5.73 Å². The number of rotatable bonds is 7. The molecule has 0 aliphatic heterocycles.